The Morgan fingerprint density at radius 3 is 2.68 bits per heavy atom. The first-order valence-electron chi connectivity index (χ1n) is 8.59. The molecule has 0 aliphatic carbocycles. The van der Waals surface area contributed by atoms with Crippen LogP contribution >= 0.6 is 11.6 Å². The van der Waals surface area contributed by atoms with Crippen molar-refractivity contribution in [2.45, 2.75) is 19.5 Å². The average molecular weight is 400 g/mol. The summed E-state index contributed by atoms with van der Waals surface area (Å²) >= 11 is 6.10. The molecule has 0 unspecified atom stereocenters. The molecular formula is C20H18ClN3O4. The number of ether oxygens (including phenoxy) is 1. The van der Waals surface area contributed by atoms with Gasteiger partial charge in [0.05, 0.1) is 23.3 Å². The van der Waals surface area contributed by atoms with E-state index in [1.165, 1.54) is 6.33 Å². The summed E-state index contributed by atoms with van der Waals surface area (Å²) in [4.78, 5) is 40.5. The molecule has 8 heteroatoms. The van der Waals surface area contributed by atoms with Crippen LogP contribution in [0.2, 0.25) is 5.02 Å². The van der Waals surface area contributed by atoms with Gasteiger partial charge in [0.25, 0.3) is 11.5 Å². The summed E-state index contributed by atoms with van der Waals surface area (Å²) in [5.41, 5.74) is 0.960. The van der Waals surface area contributed by atoms with E-state index in [1.807, 2.05) is 6.07 Å². The lowest BCUT2D eigenvalue weighted by atomic mass is 10.1. The maximum Gasteiger partial charge on any atom is 0.326 e. The number of halogens is 1. The monoisotopic (exact) mass is 399 g/mol. The van der Waals surface area contributed by atoms with E-state index in [1.54, 1.807) is 49.4 Å². The number of hydrogen-bond donors (Lipinski definition) is 1. The van der Waals surface area contributed by atoms with E-state index in [2.05, 4.69) is 10.3 Å². The lowest BCUT2D eigenvalue weighted by Gasteiger charge is -2.15. The third-order valence-corrected chi connectivity index (χ3v) is 4.49. The Kier molecular flexibility index (Phi) is 6.06. The van der Waals surface area contributed by atoms with Crippen LogP contribution < -0.4 is 10.9 Å². The van der Waals surface area contributed by atoms with Crippen molar-refractivity contribution in [3.8, 4) is 0 Å². The molecule has 1 amide bonds. The number of benzene rings is 2. The molecule has 0 saturated heterocycles. The molecule has 0 spiro atoms. The van der Waals surface area contributed by atoms with Crippen LogP contribution in [0.25, 0.3) is 10.9 Å². The zero-order chi connectivity index (χ0) is 20.1. The molecule has 3 rings (SSSR count). The Hall–Kier alpha value is -3.19. The van der Waals surface area contributed by atoms with Gasteiger partial charge in [0.1, 0.15) is 6.54 Å². The highest BCUT2D eigenvalue weighted by molar-refractivity contribution is 6.31. The predicted octanol–water partition coefficient (Wildman–Crippen LogP) is 2.47. The second-order valence-electron chi connectivity index (χ2n) is 6.17. The molecule has 7 nitrogen and oxygen atoms in total. The molecule has 0 radical (unpaired) electrons. The van der Waals surface area contributed by atoms with E-state index in [0.29, 0.717) is 15.9 Å². The minimum atomic E-state index is -0.709. The molecule has 28 heavy (non-hydrogen) atoms. The second kappa shape index (κ2) is 8.67. The van der Waals surface area contributed by atoms with Gasteiger partial charge in [-0.2, -0.15) is 0 Å². The SMILES string of the molecule is C[C@@H](NC(=O)COC(=O)Cn1cnc2ccccc2c1=O)c1ccccc1Cl. The zero-order valence-electron chi connectivity index (χ0n) is 15.1. The summed E-state index contributed by atoms with van der Waals surface area (Å²) in [7, 11) is 0. The summed E-state index contributed by atoms with van der Waals surface area (Å²) in [6.45, 7) is 0.995. The molecule has 0 bridgehead atoms. The van der Waals surface area contributed by atoms with Crippen molar-refractivity contribution in [1.29, 1.82) is 0 Å². The van der Waals surface area contributed by atoms with Crippen LogP contribution in [0.1, 0.15) is 18.5 Å². The summed E-state index contributed by atoms with van der Waals surface area (Å²) in [5.74, 6) is -1.18. The number of para-hydroxylation sites is 1. The summed E-state index contributed by atoms with van der Waals surface area (Å²) < 4.78 is 6.12. The van der Waals surface area contributed by atoms with Crippen molar-refractivity contribution in [1.82, 2.24) is 14.9 Å². The first-order chi connectivity index (χ1) is 13.5. The summed E-state index contributed by atoms with van der Waals surface area (Å²) in [5, 5.41) is 3.65. The van der Waals surface area contributed by atoms with E-state index in [9.17, 15) is 14.4 Å². The van der Waals surface area contributed by atoms with Crippen LogP contribution in [0.4, 0.5) is 0 Å². The van der Waals surface area contributed by atoms with Gasteiger partial charge in [0.2, 0.25) is 0 Å². The van der Waals surface area contributed by atoms with Crippen molar-refractivity contribution >= 4 is 34.4 Å². The van der Waals surface area contributed by atoms with Gasteiger partial charge in [-0.15, -0.1) is 0 Å². The summed E-state index contributed by atoms with van der Waals surface area (Å²) in [6.07, 6.45) is 1.28. The highest BCUT2D eigenvalue weighted by atomic mass is 35.5. The molecule has 1 heterocycles. The molecule has 144 valence electrons. The minimum absolute atomic E-state index is 0.329. The smallest absolute Gasteiger partial charge is 0.326 e. The largest absolute Gasteiger partial charge is 0.454 e. The number of carbonyl (C=O) groups is 2. The Labute approximate surface area is 165 Å². The van der Waals surface area contributed by atoms with Crippen molar-refractivity contribution < 1.29 is 14.3 Å². The van der Waals surface area contributed by atoms with E-state index >= 15 is 0 Å². The normalized spacial score (nSPS) is 11.8. The van der Waals surface area contributed by atoms with Crippen molar-refractivity contribution in [2.24, 2.45) is 0 Å². The molecule has 1 N–H and O–H groups in total. The highest BCUT2D eigenvalue weighted by Gasteiger charge is 2.15. The molecule has 1 aromatic heterocycles. The van der Waals surface area contributed by atoms with Gasteiger partial charge in [-0.05, 0) is 30.7 Å². The van der Waals surface area contributed by atoms with Gasteiger partial charge in [0.15, 0.2) is 6.61 Å². The number of nitrogens with one attached hydrogen (secondary N) is 1. The number of rotatable bonds is 6. The Bertz CT molecular complexity index is 1080. The van der Waals surface area contributed by atoms with E-state index in [0.717, 1.165) is 10.1 Å². The van der Waals surface area contributed by atoms with Crippen LogP contribution in [0, 0.1) is 0 Å². The Morgan fingerprint density at radius 1 is 1.18 bits per heavy atom. The number of aromatic nitrogens is 2. The molecule has 0 aliphatic heterocycles. The number of carbonyl (C=O) groups excluding carboxylic acids is 2. The van der Waals surface area contributed by atoms with Crippen LogP contribution in [0.3, 0.4) is 0 Å². The van der Waals surface area contributed by atoms with Crippen molar-refractivity contribution in [3.63, 3.8) is 0 Å². The van der Waals surface area contributed by atoms with Gasteiger partial charge < -0.3 is 10.1 Å². The third-order valence-electron chi connectivity index (χ3n) is 4.14. The molecule has 2 aromatic carbocycles. The topological polar surface area (TPSA) is 90.3 Å². The lowest BCUT2D eigenvalue weighted by Crippen LogP contribution is -2.32. The van der Waals surface area contributed by atoms with Gasteiger partial charge in [0, 0.05) is 5.02 Å². The quantitative estimate of drug-likeness (QED) is 0.643. The molecule has 1 atom stereocenters. The Morgan fingerprint density at radius 2 is 1.89 bits per heavy atom. The molecular weight excluding hydrogens is 382 g/mol. The van der Waals surface area contributed by atoms with Crippen LogP contribution in [-0.4, -0.2) is 28.0 Å². The number of hydrogen-bond acceptors (Lipinski definition) is 5. The van der Waals surface area contributed by atoms with Crippen molar-refractivity contribution in [2.75, 3.05) is 6.61 Å². The van der Waals surface area contributed by atoms with Crippen LogP contribution in [-0.2, 0) is 20.9 Å². The van der Waals surface area contributed by atoms with Gasteiger partial charge in [-0.25, -0.2) is 4.98 Å². The first kappa shape index (κ1) is 19.6. The maximum absolute atomic E-state index is 12.4. The molecule has 0 saturated carbocycles. The first-order valence-corrected chi connectivity index (χ1v) is 8.97. The van der Waals surface area contributed by atoms with Gasteiger partial charge in [-0.3, -0.25) is 19.0 Å². The standard InChI is InChI=1S/C20H18ClN3O4/c1-13(14-6-2-4-8-16(14)21)23-18(25)11-28-19(26)10-24-12-22-17-9-5-3-7-15(17)20(24)27/h2-9,12-13H,10-11H2,1H3,(H,23,25)/t13-/m1/s1. The van der Waals surface area contributed by atoms with E-state index in [-0.39, 0.29) is 18.1 Å². The fourth-order valence-electron chi connectivity index (χ4n) is 2.74. The van der Waals surface area contributed by atoms with E-state index < -0.39 is 18.5 Å². The fraction of sp³-hybridized carbons (Fsp3) is 0.200. The number of fused-ring (bicyclic) bond motifs is 1. The lowest BCUT2D eigenvalue weighted by molar-refractivity contribution is -0.149. The minimum Gasteiger partial charge on any atom is -0.454 e. The van der Waals surface area contributed by atoms with E-state index in [4.69, 9.17) is 16.3 Å². The average Bonchev–Trinajstić information content (AvgIpc) is 2.69. The fourth-order valence-corrected chi connectivity index (χ4v) is 3.04. The predicted molar refractivity (Wildman–Crippen MR) is 105 cm³/mol. The van der Waals surface area contributed by atoms with Crippen molar-refractivity contribution in [3.05, 3.63) is 75.8 Å². The van der Waals surface area contributed by atoms with Crippen LogP contribution in [0.5, 0.6) is 0 Å². The molecule has 0 fully saturated rings. The Balaban J connectivity index is 1.56. The number of amides is 1. The second-order valence-corrected chi connectivity index (χ2v) is 6.57. The van der Waals surface area contributed by atoms with Crippen LogP contribution in [0.15, 0.2) is 59.7 Å². The summed E-state index contributed by atoms with van der Waals surface area (Å²) in [6, 6.07) is 13.7. The number of nitrogens with zero attached hydrogens (tertiary/aromatic N) is 2. The zero-order valence-corrected chi connectivity index (χ0v) is 15.8. The highest BCUT2D eigenvalue weighted by Crippen LogP contribution is 2.21. The third kappa shape index (κ3) is 4.55. The van der Waals surface area contributed by atoms with Gasteiger partial charge >= 0.3 is 5.97 Å². The molecule has 3 aromatic rings. The molecule has 0 aliphatic rings. The van der Waals surface area contributed by atoms with Gasteiger partial charge in [-0.1, -0.05) is 41.9 Å². The maximum atomic E-state index is 12.4. The number of esters is 1.